The molecule has 6 heteroatoms. The molecule has 0 rings (SSSR count). The average molecular weight is 252 g/mol. The minimum atomic E-state index is -3.18. The molecule has 5 nitrogen and oxygen atoms in total. The first-order valence-electron chi connectivity index (χ1n) is 5.38. The smallest absolute Gasteiger partial charge is 0.213 e. The fourth-order valence-corrected chi connectivity index (χ4v) is 2.65. The lowest BCUT2D eigenvalue weighted by molar-refractivity contribution is 0.199. The molecule has 0 aromatic carbocycles. The van der Waals surface area contributed by atoms with Gasteiger partial charge in [0.25, 0.3) is 0 Å². The molecule has 0 aliphatic rings. The van der Waals surface area contributed by atoms with Gasteiger partial charge in [0.2, 0.25) is 10.0 Å². The summed E-state index contributed by atoms with van der Waals surface area (Å²) < 4.78 is 29.9. The molecule has 0 unspecified atom stereocenters. The molecule has 0 aromatic rings. The van der Waals surface area contributed by atoms with Crippen molar-refractivity contribution in [2.45, 2.75) is 20.3 Å². The molecule has 0 aromatic heterocycles. The molecular weight excluding hydrogens is 228 g/mol. The van der Waals surface area contributed by atoms with Gasteiger partial charge in [-0.25, -0.2) is 12.7 Å². The van der Waals surface area contributed by atoms with Crippen molar-refractivity contribution < 1.29 is 13.2 Å². The van der Waals surface area contributed by atoms with Crippen molar-refractivity contribution in [3.8, 4) is 0 Å². The molecule has 0 amide bonds. The molecule has 0 aliphatic heterocycles. The van der Waals surface area contributed by atoms with E-state index >= 15 is 0 Å². The van der Waals surface area contributed by atoms with Crippen molar-refractivity contribution in [2.75, 3.05) is 39.6 Å². The van der Waals surface area contributed by atoms with E-state index in [4.69, 9.17) is 10.5 Å². The van der Waals surface area contributed by atoms with E-state index in [1.54, 1.807) is 14.2 Å². The van der Waals surface area contributed by atoms with Gasteiger partial charge in [0.1, 0.15) is 0 Å². The van der Waals surface area contributed by atoms with E-state index < -0.39 is 10.0 Å². The highest BCUT2D eigenvalue weighted by Crippen LogP contribution is 2.16. The number of nitrogens with two attached hydrogens (primary N) is 1. The van der Waals surface area contributed by atoms with E-state index in [1.165, 1.54) is 4.31 Å². The van der Waals surface area contributed by atoms with Crippen LogP contribution in [0.15, 0.2) is 0 Å². The number of rotatable bonds is 8. The Labute approximate surface area is 99.0 Å². The Morgan fingerprint density at radius 1 is 1.38 bits per heavy atom. The highest BCUT2D eigenvalue weighted by molar-refractivity contribution is 7.89. The van der Waals surface area contributed by atoms with Crippen LogP contribution < -0.4 is 5.73 Å². The second-order valence-corrected chi connectivity index (χ2v) is 6.98. The maximum atomic E-state index is 11.8. The maximum absolute atomic E-state index is 11.8. The fraction of sp³-hybridized carbons (Fsp3) is 1.00. The molecule has 0 radical (unpaired) electrons. The highest BCUT2D eigenvalue weighted by atomic mass is 32.2. The van der Waals surface area contributed by atoms with Gasteiger partial charge in [0.15, 0.2) is 0 Å². The predicted molar refractivity (Wildman–Crippen MR) is 65.7 cm³/mol. The Kier molecular flexibility index (Phi) is 6.47. The first kappa shape index (κ1) is 15.8. The van der Waals surface area contributed by atoms with Crippen LogP contribution in [-0.2, 0) is 14.8 Å². The van der Waals surface area contributed by atoms with Gasteiger partial charge in [-0.1, -0.05) is 13.8 Å². The minimum Gasteiger partial charge on any atom is -0.385 e. The van der Waals surface area contributed by atoms with Crippen LogP contribution in [-0.4, -0.2) is 52.3 Å². The van der Waals surface area contributed by atoms with Crippen molar-refractivity contribution in [2.24, 2.45) is 11.1 Å². The lowest BCUT2D eigenvalue weighted by atomic mass is 9.94. The summed E-state index contributed by atoms with van der Waals surface area (Å²) in [6, 6.07) is 0. The van der Waals surface area contributed by atoms with Crippen molar-refractivity contribution in [3.05, 3.63) is 0 Å². The largest absolute Gasteiger partial charge is 0.385 e. The van der Waals surface area contributed by atoms with Gasteiger partial charge in [-0.15, -0.1) is 0 Å². The first-order chi connectivity index (χ1) is 7.25. The number of hydrogen-bond acceptors (Lipinski definition) is 4. The summed E-state index contributed by atoms with van der Waals surface area (Å²) in [7, 11) is -0.0179. The standard InChI is InChI=1S/C10H24N2O3S/c1-10(2,8-11)9-12(3)16(13,14)7-5-6-15-4/h5-9,11H2,1-4H3. The zero-order valence-electron chi connectivity index (χ0n) is 10.7. The summed E-state index contributed by atoms with van der Waals surface area (Å²) in [5, 5.41) is 0. The minimum absolute atomic E-state index is 0.123. The lowest BCUT2D eigenvalue weighted by Crippen LogP contribution is -2.40. The highest BCUT2D eigenvalue weighted by Gasteiger charge is 2.25. The summed E-state index contributed by atoms with van der Waals surface area (Å²) in [5.41, 5.74) is 5.39. The normalized spacial score (nSPS) is 13.4. The van der Waals surface area contributed by atoms with Crippen molar-refractivity contribution in [1.29, 1.82) is 0 Å². The number of hydrogen-bond donors (Lipinski definition) is 1. The number of methoxy groups -OCH3 is 1. The third kappa shape index (κ3) is 5.79. The summed E-state index contributed by atoms with van der Waals surface area (Å²) in [6.07, 6.45) is 0.520. The Morgan fingerprint density at radius 2 is 1.94 bits per heavy atom. The van der Waals surface area contributed by atoms with Crippen LogP contribution in [0.3, 0.4) is 0 Å². The number of ether oxygens (including phenoxy) is 1. The van der Waals surface area contributed by atoms with E-state index in [0.29, 0.717) is 26.1 Å². The molecule has 2 N–H and O–H groups in total. The van der Waals surface area contributed by atoms with Gasteiger partial charge in [0, 0.05) is 27.3 Å². The lowest BCUT2D eigenvalue weighted by Gasteiger charge is -2.28. The maximum Gasteiger partial charge on any atom is 0.213 e. The van der Waals surface area contributed by atoms with Crippen molar-refractivity contribution >= 4 is 10.0 Å². The zero-order valence-corrected chi connectivity index (χ0v) is 11.5. The Morgan fingerprint density at radius 3 is 2.38 bits per heavy atom. The van der Waals surface area contributed by atoms with Gasteiger partial charge < -0.3 is 10.5 Å². The molecule has 98 valence electrons. The van der Waals surface area contributed by atoms with E-state index in [0.717, 1.165) is 0 Å². The van der Waals surface area contributed by atoms with E-state index in [2.05, 4.69) is 0 Å². The Balaban J connectivity index is 4.30. The molecule has 16 heavy (non-hydrogen) atoms. The number of nitrogens with zero attached hydrogens (tertiary/aromatic N) is 1. The van der Waals surface area contributed by atoms with Crippen LogP contribution in [0.5, 0.6) is 0 Å². The Hall–Kier alpha value is -0.170. The summed E-state index contributed by atoms with van der Waals surface area (Å²) >= 11 is 0. The molecule has 0 heterocycles. The zero-order chi connectivity index (χ0) is 12.8. The van der Waals surface area contributed by atoms with E-state index in [-0.39, 0.29) is 11.2 Å². The molecular formula is C10H24N2O3S. The first-order valence-corrected chi connectivity index (χ1v) is 6.99. The van der Waals surface area contributed by atoms with Crippen LogP contribution in [0.2, 0.25) is 0 Å². The average Bonchev–Trinajstić information content (AvgIpc) is 2.17. The van der Waals surface area contributed by atoms with Gasteiger partial charge >= 0.3 is 0 Å². The topological polar surface area (TPSA) is 72.6 Å². The van der Waals surface area contributed by atoms with E-state index in [1.807, 2.05) is 13.8 Å². The Bertz CT molecular complexity index is 288. The van der Waals surface area contributed by atoms with Gasteiger partial charge in [0.05, 0.1) is 5.75 Å². The molecule has 0 fully saturated rings. The van der Waals surface area contributed by atoms with Crippen LogP contribution in [0.1, 0.15) is 20.3 Å². The SMILES string of the molecule is COCCCS(=O)(=O)N(C)CC(C)(C)CN. The molecule has 0 atom stereocenters. The van der Waals surface area contributed by atoms with Crippen molar-refractivity contribution in [1.82, 2.24) is 4.31 Å². The van der Waals surface area contributed by atoms with Crippen LogP contribution >= 0.6 is 0 Å². The fourth-order valence-electron chi connectivity index (χ4n) is 1.31. The molecule has 0 saturated heterocycles. The molecule has 0 saturated carbocycles. The van der Waals surface area contributed by atoms with Crippen LogP contribution in [0, 0.1) is 5.41 Å². The monoisotopic (exact) mass is 252 g/mol. The quantitative estimate of drug-likeness (QED) is 0.629. The van der Waals surface area contributed by atoms with Gasteiger partial charge in [-0.2, -0.15) is 0 Å². The summed E-state index contributed by atoms with van der Waals surface area (Å²) in [4.78, 5) is 0. The number of sulfonamides is 1. The third-order valence-electron chi connectivity index (χ3n) is 2.43. The summed E-state index contributed by atoms with van der Waals surface area (Å²) in [6.45, 7) is 5.28. The molecule has 0 bridgehead atoms. The van der Waals surface area contributed by atoms with Crippen molar-refractivity contribution in [3.63, 3.8) is 0 Å². The molecule has 0 aliphatic carbocycles. The van der Waals surface area contributed by atoms with Crippen LogP contribution in [0.25, 0.3) is 0 Å². The van der Waals surface area contributed by atoms with Crippen LogP contribution in [0.4, 0.5) is 0 Å². The summed E-state index contributed by atoms with van der Waals surface area (Å²) in [5.74, 6) is 0.123. The van der Waals surface area contributed by atoms with E-state index in [9.17, 15) is 8.42 Å². The second kappa shape index (κ2) is 6.54. The van der Waals surface area contributed by atoms with Gasteiger partial charge in [-0.3, -0.25) is 0 Å². The van der Waals surface area contributed by atoms with Gasteiger partial charge in [-0.05, 0) is 18.4 Å². The predicted octanol–water partition coefficient (Wildman–Crippen LogP) is 0.269. The second-order valence-electron chi connectivity index (χ2n) is 4.79. The molecule has 0 spiro atoms. The third-order valence-corrected chi connectivity index (χ3v) is 4.31.